The van der Waals surface area contributed by atoms with E-state index in [1.165, 1.54) is 0 Å². The molecule has 0 spiro atoms. The summed E-state index contributed by atoms with van der Waals surface area (Å²) in [4.78, 5) is 11.9. The first-order chi connectivity index (χ1) is 9.06. The molecule has 1 fully saturated rings. The molecule has 0 saturated carbocycles. The molecule has 6 heteroatoms. The molecule has 1 amide bonds. The first-order valence-electron chi connectivity index (χ1n) is 6.21. The van der Waals surface area contributed by atoms with E-state index in [0.717, 1.165) is 30.4 Å². The van der Waals surface area contributed by atoms with Crippen molar-refractivity contribution in [1.82, 2.24) is 5.32 Å². The van der Waals surface area contributed by atoms with Crippen LogP contribution in [-0.2, 0) is 4.79 Å². The molecule has 3 nitrogen and oxygen atoms in total. The molecule has 1 aromatic rings. The summed E-state index contributed by atoms with van der Waals surface area (Å²) in [5.74, 6) is 0.555. The summed E-state index contributed by atoms with van der Waals surface area (Å²) in [7, 11) is 0. The van der Waals surface area contributed by atoms with Crippen molar-refractivity contribution in [1.29, 1.82) is 0 Å². The maximum atomic E-state index is 11.9. The van der Waals surface area contributed by atoms with E-state index in [2.05, 4.69) is 26.6 Å². The van der Waals surface area contributed by atoms with E-state index in [0.29, 0.717) is 28.1 Å². The van der Waals surface area contributed by atoms with Gasteiger partial charge in [0.05, 0.1) is 15.7 Å². The average Bonchev–Trinajstić information content (AvgIpc) is 2.84. The quantitative estimate of drug-likeness (QED) is 0.843. The van der Waals surface area contributed by atoms with Crippen LogP contribution in [0.15, 0.2) is 16.6 Å². The average molecular weight is 366 g/mol. The van der Waals surface area contributed by atoms with E-state index in [1.807, 2.05) is 0 Å². The molecule has 1 aliphatic rings. The third-order valence-corrected chi connectivity index (χ3v) is 4.27. The maximum Gasteiger partial charge on any atom is 0.224 e. The predicted octanol–water partition coefficient (Wildman–Crippen LogP) is 4.08. The summed E-state index contributed by atoms with van der Waals surface area (Å²) in [6.07, 6.45) is 2.53. The highest BCUT2D eigenvalue weighted by Gasteiger charge is 2.17. The van der Waals surface area contributed by atoms with Gasteiger partial charge in [0.25, 0.3) is 0 Å². The minimum atomic E-state index is -0.0435. The summed E-state index contributed by atoms with van der Waals surface area (Å²) < 4.78 is 0.789. The Morgan fingerprint density at radius 2 is 2.11 bits per heavy atom. The molecule has 19 heavy (non-hydrogen) atoms. The van der Waals surface area contributed by atoms with Gasteiger partial charge >= 0.3 is 0 Å². The Kier molecular flexibility index (Phi) is 5.51. The largest absolute Gasteiger partial charge is 0.324 e. The second-order valence-corrected chi connectivity index (χ2v) is 6.42. The molecular weight excluding hydrogens is 351 g/mol. The summed E-state index contributed by atoms with van der Waals surface area (Å²) >= 11 is 15.4. The molecular formula is C13H15BrCl2N2O. The van der Waals surface area contributed by atoms with E-state index >= 15 is 0 Å². The standard InChI is InChI=1S/C13H15BrCl2N2O/c14-9-5-10(15)13(11(16)6-9)18-12(19)2-1-8-3-4-17-7-8/h5-6,8,17H,1-4,7H2,(H,18,19). The molecule has 0 aromatic heterocycles. The van der Waals surface area contributed by atoms with Crippen LogP contribution < -0.4 is 10.6 Å². The number of anilines is 1. The van der Waals surface area contributed by atoms with Crippen molar-refractivity contribution in [3.8, 4) is 0 Å². The number of benzene rings is 1. The van der Waals surface area contributed by atoms with E-state index in [9.17, 15) is 4.79 Å². The molecule has 1 aliphatic heterocycles. The highest BCUT2D eigenvalue weighted by molar-refractivity contribution is 9.10. The lowest BCUT2D eigenvalue weighted by atomic mass is 10.0. The normalized spacial score (nSPS) is 18.6. The molecule has 1 aromatic carbocycles. The number of amides is 1. The Morgan fingerprint density at radius 1 is 1.42 bits per heavy atom. The number of carbonyl (C=O) groups is 1. The number of carbonyl (C=O) groups excluding carboxylic acids is 1. The zero-order chi connectivity index (χ0) is 13.8. The smallest absolute Gasteiger partial charge is 0.224 e. The van der Waals surface area contributed by atoms with Crippen LogP contribution >= 0.6 is 39.1 Å². The van der Waals surface area contributed by atoms with Gasteiger partial charge in [-0.2, -0.15) is 0 Å². The predicted molar refractivity (Wildman–Crippen MR) is 83.0 cm³/mol. The van der Waals surface area contributed by atoms with Crippen LogP contribution in [0.2, 0.25) is 10.0 Å². The molecule has 0 radical (unpaired) electrons. The van der Waals surface area contributed by atoms with Gasteiger partial charge in [-0.15, -0.1) is 0 Å². The zero-order valence-electron chi connectivity index (χ0n) is 10.3. The van der Waals surface area contributed by atoms with Crippen LogP contribution in [-0.4, -0.2) is 19.0 Å². The Hall–Kier alpha value is -0.290. The van der Waals surface area contributed by atoms with Crippen molar-refractivity contribution in [2.24, 2.45) is 5.92 Å². The Balaban J connectivity index is 1.91. The van der Waals surface area contributed by atoms with Crippen LogP contribution in [0, 0.1) is 5.92 Å². The van der Waals surface area contributed by atoms with Gasteiger partial charge in [0, 0.05) is 10.9 Å². The number of hydrogen-bond acceptors (Lipinski definition) is 2. The number of nitrogens with one attached hydrogen (secondary N) is 2. The highest BCUT2D eigenvalue weighted by Crippen LogP contribution is 2.34. The summed E-state index contributed by atoms with van der Waals surface area (Å²) in [6, 6.07) is 3.42. The summed E-state index contributed by atoms with van der Waals surface area (Å²) in [5, 5.41) is 6.96. The lowest BCUT2D eigenvalue weighted by Crippen LogP contribution is -2.15. The number of halogens is 3. The van der Waals surface area contributed by atoms with Crippen LogP contribution in [0.1, 0.15) is 19.3 Å². The minimum absolute atomic E-state index is 0.0435. The van der Waals surface area contributed by atoms with Gasteiger partial charge in [-0.05, 0) is 44.0 Å². The fourth-order valence-corrected chi connectivity index (χ4v) is 3.46. The molecule has 2 rings (SSSR count). The Bertz CT molecular complexity index is 453. The van der Waals surface area contributed by atoms with Gasteiger partial charge in [-0.1, -0.05) is 39.1 Å². The van der Waals surface area contributed by atoms with Crippen molar-refractivity contribution in [3.63, 3.8) is 0 Å². The van der Waals surface area contributed by atoms with Crippen molar-refractivity contribution >= 4 is 50.7 Å². The van der Waals surface area contributed by atoms with Crippen LogP contribution in [0.5, 0.6) is 0 Å². The van der Waals surface area contributed by atoms with Crippen molar-refractivity contribution in [2.75, 3.05) is 18.4 Å². The van der Waals surface area contributed by atoms with Crippen LogP contribution in [0.4, 0.5) is 5.69 Å². The van der Waals surface area contributed by atoms with Gasteiger partial charge in [0.1, 0.15) is 0 Å². The van der Waals surface area contributed by atoms with Crippen molar-refractivity contribution < 1.29 is 4.79 Å². The third-order valence-electron chi connectivity index (χ3n) is 3.21. The first kappa shape index (κ1) is 15.1. The molecule has 0 aliphatic carbocycles. The first-order valence-corrected chi connectivity index (χ1v) is 7.76. The van der Waals surface area contributed by atoms with E-state index in [4.69, 9.17) is 23.2 Å². The minimum Gasteiger partial charge on any atom is -0.324 e. The van der Waals surface area contributed by atoms with E-state index in [-0.39, 0.29) is 5.91 Å². The molecule has 104 valence electrons. The van der Waals surface area contributed by atoms with Crippen molar-refractivity contribution in [2.45, 2.75) is 19.3 Å². The molecule has 0 bridgehead atoms. The second-order valence-electron chi connectivity index (χ2n) is 4.69. The van der Waals surface area contributed by atoms with Crippen molar-refractivity contribution in [3.05, 3.63) is 26.7 Å². The molecule has 1 unspecified atom stereocenters. The van der Waals surface area contributed by atoms with Gasteiger partial charge < -0.3 is 10.6 Å². The maximum absolute atomic E-state index is 11.9. The molecule has 1 atom stereocenters. The SMILES string of the molecule is O=C(CCC1CCNC1)Nc1c(Cl)cc(Br)cc1Cl. The van der Waals surface area contributed by atoms with Gasteiger partial charge in [0.15, 0.2) is 0 Å². The second kappa shape index (κ2) is 6.93. The van der Waals surface area contributed by atoms with Gasteiger partial charge in [-0.25, -0.2) is 0 Å². The fourth-order valence-electron chi connectivity index (χ4n) is 2.16. The molecule has 1 saturated heterocycles. The van der Waals surface area contributed by atoms with E-state index < -0.39 is 0 Å². The summed E-state index contributed by atoms with van der Waals surface area (Å²) in [6.45, 7) is 2.06. The topological polar surface area (TPSA) is 41.1 Å². The Labute approximate surface area is 131 Å². The monoisotopic (exact) mass is 364 g/mol. The lowest BCUT2D eigenvalue weighted by Gasteiger charge is -2.11. The Morgan fingerprint density at radius 3 is 2.68 bits per heavy atom. The fraction of sp³-hybridized carbons (Fsp3) is 0.462. The van der Waals surface area contributed by atoms with Gasteiger partial charge in [0.2, 0.25) is 5.91 Å². The molecule has 1 heterocycles. The zero-order valence-corrected chi connectivity index (χ0v) is 13.4. The van der Waals surface area contributed by atoms with E-state index in [1.54, 1.807) is 12.1 Å². The van der Waals surface area contributed by atoms with Gasteiger partial charge in [-0.3, -0.25) is 4.79 Å². The molecule has 2 N–H and O–H groups in total. The third kappa shape index (κ3) is 4.35. The lowest BCUT2D eigenvalue weighted by molar-refractivity contribution is -0.116. The number of rotatable bonds is 4. The summed E-state index contributed by atoms with van der Waals surface area (Å²) in [5.41, 5.74) is 0.487. The van der Waals surface area contributed by atoms with Crippen LogP contribution in [0.3, 0.4) is 0 Å². The highest BCUT2D eigenvalue weighted by atomic mass is 79.9. The number of hydrogen-bond donors (Lipinski definition) is 2. The van der Waals surface area contributed by atoms with Crippen LogP contribution in [0.25, 0.3) is 0 Å².